The molecule has 0 spiro atoms. The van der Waals surface area contributed by atoms with E-state index in [4.69, 9.17) is 0 Å². The molecule has 1 N–H and O–H groups in total. The smallest absolute Gasteiger partial charge is 0.324 e. The molecular formula is C25H32N4O2. The van der Waals surface area contributed by atoms with Gasteiger partial charge in [0.2, 0.25) is 0 Å². The van der Waals surface area contributed by atoms with Gasteiger partial charge in [-0.15, -0.1) is 0 Å². The number of nitrogens with zero attached hydrogens (tertiary/aromatic N) is 3. The van der Waals surface area contributed by atoms with Crippen molar-refractivity contribution in [3.05, 3.63) is 51.2 Å². The molecule has 6 heteroatoms. The summed E-state index contributed by atoms with van der Waals surface area (Å²) in [6, 6.07) is 9.82. The van der Waals surface area contributed by atoms with Crippen LogP contribution in [-0.2, 0) is 13.1 Å². The lowest BCUT2D eigenvalue weighted by molar-refractivity contribution is 0.296. The summed E-state index contributed by atoms with van der Waals surface area (Å²) in [5.74, 6) is 1.55. The largest absolute Gasteiger partial charge is 0.332 e. The van der Waals surface area contributed by atoms with Crippen molar-refractivity contribution in [3.8, 4) is 11.4 Å². The number of rotatable bonds is 5. The van der Waals surface area contributed by atoms with Crippen molar-refractivity contribution in [2.75, 3.05) is 0 Å². The maximum atomic E-state index is 13.6. The first-order chi connectivity index (χ1) is 15.2. The summed E-state index contributed by atoms with van der Waals surface area (Å²) in [4.78, 5) is 35.0. The second-order valence-corrected chi connectivity index (χ2v) is 9.47. The van der Waals surface area contributed by atoms with Crippen LogP contribution in [0, 0.1) is 11.8 Å². The second kappa shape index (κ2) is 8.85. The van der Waals surface area contributed by atoms with E-state index in [-0.39, 0.29) is 11.2 Å². The van der Waals surface area contributed by atoms with Gasteiger partial charge in [0.25, 0.3) is 5.56 Å². The van der Waals surface area contributed by atoms with E-state index in [0.29, 0.717) is 41.9 Å². The maximum absolute atomic E-state index is 13.6. The number of nitrogens with one attached hydrogen (secondary N) is 1. The number of aromatic amines is 1. The third-order valence-electron chi connectivity index (χ3n) is 7.24. The van der Waals surface area contributed by atoms with Crippen molar-refractivity contribution in [1.82, 2.24) is 19.1 Å². The van der Waals surface area contributed by atoms with Gasteiger partial charge in [0, 0.05) is 18.7 Å². The van der Waals surface area contributed by atoms with Crippen LogP contribution in [0.25, 0.3) is 22.6 Å². The van der Waals surface area contributed by atoms with E-state index < -0.39 is 0 Å². The van der Waals surface area contributed by atoms with E-state index in [0.717, 1.165) is 31.2 Å². The highest BCUT2D eigenvalue weighted by Gasteiger charge is 2.23. The van der Waals surface area contributed by atoms with Gasteiger partial charge in [-0.05, 0) is 37.5 Å². The molecule has 0 radical (unpaired) electrons. The molecule has 0 unspecified atom stereocenters. The minimum atomic E-state index is -0.246. The monoisotopic (exact) mass is 420 g/mol. The van der Waals surface area contributed by atoms with Gasteiger partial charge in [0.1, 0.15) is 11.5 Å². The fourth-order valence-corrected chi connectivity index (χ4v) is 5.48. The molecule has 164 valence electrons. The summed E-state index contributed by atoms with van der Waals surface area (Å²) in [5.41, 5.74) is 1.48. The summed E-state index contributed by atoms with van der Waals surface area (Å²) in [7, 11) is 0. The van der Waals surface area contributed by atoms with Gasteiger partial charge >= 0.3 is 5.69 Å². The van der Waals surface area contributed by atoms with Crippen LogP contribution in [-0.4, -0.2) is 19.1 Å². The average Bonchev–Trinajstić information content (AvgIpc) is 3.27. The quantitative estimate of drug-likeness (QED) is 0.649. The Hall–Kier alpha value is -2.63. The fourth-order valence-electron chi connectivity index (χ4n) is 5.48. The molecule has 0 saturated heterocycles. The van der Waals surface area contributed by atoms with Crippen LogP contribution in [0.1, 0.15) is 64.2 Å². The van der Waals surface area contributed by atoms with E-state index in [1.165, 1.54) is 43.1 Å². The Morgan fingerprint density at radius 2 is 1.39 bits per heavy atom. The van der Waals surface area contributed by atoms with Crippen molar-refractivity contribution in [3.63, 3.8) is 0 Å². The lowest BCUT2D eigenvalue weighted by Gasteiger charge is -2.24. The molecule has 0 bridgehead atoms. The van der Waals surface area contributed by atoms with Crippen LogP contribution in [0.5, 0.6) is 0 Å². The second-order valence-electron chi connectivity index (χ2n) is 9.47. The van der Waals surface area contributed by atoms with Crippen molar-refractivity contribution < 1.29 is 0 Å². The molecule has 1 aromatic carbocycles. The van der Waals surface area contributed by atoms with Gasteiger partial charge in [-0.1, -0.05) is 68.9 Å². The van der Waals surface area contributed by atoms with Crippen LogP contribution in [0.3, 0.4) is 0 Å². The van der Waals surface area contributed by atoms with Crippen LogP contribution in [0.2, 0.25) is 0 Å². The first-order valence-electron chi connectivity index (χ1n) is 12.0. The average molecular weight is 421 g/mol. The van der Waals surface area contributed by atoms with Crippen LogP contribution >= 0.6 is 0 Å². The van der Waals surface area contributed by atoms with Crippen molar-refractivity contribution >= 4 is 11.2 Å². The summed E-state index contributed by atoms with van der Waals surface area (Å²) in [6.45, 7) is 1.18. The van der Waals surface area contributed by atoms with Gasteiger partial charge in [-0.2, -0.15) is 0 Å². The van der Waals surface area contributed by atoms with Crippen molar-refractivity contribution in [1.29, 1.82) is 0 Å². The molecule has 2 aliphatic carbocycles. The van der Waals surface area contributed by atoms with Gasteiger partial charge < -0.3 is 4.98 Å². The molecule has 6 nitrogen and oxygen atoms in total. The van der Waals surface area contributed by atoms with Gasteiger partial charge in [-0.25, -0.2) is 9.78 Å². The summed E-state index contributed by atoms with van der Waals surface area (Å²) >= 11 is 0. The standard InChI is InChI=1S/C25H32N4O2/c30-24-21-23(27-22(26-21)20-14-8-3-9-15-20)28(16-18-10-4-1-5-11-18)25(31)29(24)17-19-12-6-2-7-13-19/h3,8-9,14-15,18-19H,1-2,4-7,10-13,16-17H2,(H,26,27). The summed E-state index contributed by atoms with van der Waals surface area (Å²) in [6.07, 6.45) is 11.9. The molecule has 2 fully saturated rings. The van der Waals surface area contributed by atoms with E-state index >= 15 is 0 Å². The SMILES string of the molecule is O=c1c2nc(-c3ccccc3)[nH]c2n(CC2CCCCC2)c(=O)n1CC1CCCCC1. The molecule has 5 rings (SSSR count). The van der Waals surface area contributed by atoms with E-state index in [2.05, 4.69) is 9.97 Å². The third kappa shape index (κ3) is 4.12. The lowest BCUT2D eigenvalue weighted by Crippen LogP contribution is -2.42. The number of imidazole rings is 1. The molecule has 31 heavy (non-hydrogen) atoms. The highest BCUT2D eigenvalue weighted by Crippen LogP contribution is 2.27. The lowest BCUT2D eigenvalue weighted by atomic mass is 9.89. The number of benzene rings is 1. The minimum absolute atomic E-state index is 0.170. The Morgan fingerprint density at radius 3 is 2.00 bits per heavy atom. The third-order valence-corrected chi connectivity index (χ3v) is 7.24. The Morgan fingerprint density at radius 1 is 0.806 bits per heavy atom. The molecule has 0 atom stereocenters. The van der Waals surface area contributed by atoms with E-state index in [9.17, 15) is 9.59 Å². The number of aromatic nitrogens is 4. The molecular weight excluding hydrogens is 388 g/mol. The maximum Gasteiger partial charge on any atom is 0.332 e. The fraction of sp³-hybridized carbons (Fsp3) is 0.560. The van der Waals surface area contributed by atoms with Gasteiger partial charge in [-0.3, -0.25) is 13.9 Å². The first-order valence-corrected chi connectivity index (χ1v) is 12.0. The Kier molecular flexibility index (Phi) is 5.79. The van der Waals surface area contributed by atoms with Crippen molar-refractivity contribution in [2.24, 2.45) is 11.8 Å². The Balaban J connectivity index is 1.62. The number of H-pyrrole nitrogens is 1. The molecule has 2 saturated carbocycles. The van der Waals surface area contributed by atoms with Crippen LogP contribution in [0.4, 0.5) is 0 Å². The Bertz CT molecular complexity index is 1150. The molecule has 2 aliphatic rings. The first kappa shape index (κ1) is 20.3. The van der Waals surface area contributed by atoms with Crippen molar-refractivity contribution in [2.45, 2.75) is 77.3 Å². The van der Waals surface area contributed by atoms with Gasteiger partial charge in [0.15, 0.2) is 5.52 Å². The molecule has 2 aromatic heterocycles. The van der Waals surface area contributed by atoms with Crippen LogP contribution < -0.4 is 11.2 Å². The topological polar surface area (TPSA) is 72.7 Å². The highest BCUT2D eigenvalue weighted by atomic mass is 16.2. The number of fused-ring (bicyclic) bond motifs is 1. The molecule has 3 aromatic rings. The molecule has 0 amide bonds. The number of hydrogen-bond acceptors (Lipinski definition) is 3. The summed E-state index contributed by atoms with van der Waals surface area (Å²) in [5, 5.41) is 0. The molecule has 0 aliphatic heterocycles. The summed E-state index contributed by atoms with van der Waals surface area (Å²) < 4.78 is 3.30. The number of hydrogen-bond donors (Lipinski definition) is 1. The highest BCUT2D eigenvalue weighted by molar-refractivity contribution is 5.75. The van der Waals surface area contributed by atoms with E-state index in [1.807, 2.05) is 34.9 Å². The predicted molar refractivity (Wildman–Crippen MR) is 123 cm³/mol. The minimum Gasteiger partial charge on any atom is -0.324 e. The zero-order valence-electron chi connectivity index (χ0n) is 18.2. The van der Waals surface area contributed by atoms with Crippen LogP contribution in [0.15, 0.2) is 39.9 Å². The normalized spacial score (nSPS) is 18.6. The van der Waals surface area contributed by atoms with E-state index in [1.54, 1.807) is 0 Å². The molecule has 2 heterocycles. The zero-order chi connectivity index (χ0) is 21.2. The zero-order valence-corrected chi connectivity index (χ0v) is 18.2. The predicted octanol–water partition coefficient (Wildman–Crippen LogP) is 4.71. The Labute approximate surface area is 182 Å². The van der Waals surface area contributed by atoms with Gasteiger partial charge in [0.05, 0.1) is 0 Å².